The average Bonchev–Trinajstić information content (AvgIpc) is 2.36. The Balaban J connectivity index is 0. The average molecular weight is 384 g/mol. The van der Waals surface area contributed by atoms with E-state index < -0.39 is 33.0 Å². The number of carboxylic acids is 1. The Morgan fingerprint density at radius 3 is 1.32 bits per heavy atom. The molecule has 0 fully saturated rings. The van der Waals surface area contributed by atoms with Crippen LogP contribution in [0.2, 0.25) is 0 Å². The summed E-state index contributed by atoms with van der Waals surface area (Å²) in [6, 6.07) is 0. The normalized spacial score (nSPS) is 12.2. The number of rotatable bonds is 12. The summed E-state index contributed by atoms with van der Waals surface area (Å²) in [5.41, 5.74) is 0. The van der Waals surface area contributed by atoms with Crippen LogP contribution in [0, 0.1) is 0 Å². The fourth-order valence-corrected chi connectivity index (χ4v) is 6.89. The number of carboxylic acid groups (broad SMARTS) is 1. The van der Waals surface area contributed by atoms with Gasteiger partial charge in [-0.15, -0.1) is 0 Å². The predicted octanol–water partition coefficient (Wildman–Crippen LogP) is -1.01. The monoisotopic (exact) mass is 384 g/mol. The van der Waals surface area contributed by atoms with Gasteiger partial charge in [0.15, 0.2) is 5.40 Å². The van der Waals surface area contributed by atoms with Crippen LogP contribution >= 0.6 is 15.2 Å². The molecule has 0 aromatic rings. The van der Waals surface area contributed by atoms with Crippen molar-refractivity contribution in [2.45, 2.75) is 39.5 Å². The van der Waals surface area contributed by atoms with E-state index in [4.69, 9.17) is 18.1 Å². The summed E-state index contributed by atoms with van der Waals surface area (Å²) < 4.78 is 45.9. The first-order chi connectivity index (χ1) is 9.79. The first-order valence-electron chi connectivity index (χ1n) is 6.77. The Labute approximate surface area is 174 Å². The van der Waals surface area contributed by atoms with Gasteiger partial charge in [-0.1, -0.05) is 0 Å². The number of hydrogen-bond acceptors (Lipinski definition) is 8. The molecule has 0 unspecified atom stereocenters. The predicted molar refractivity (Wildman–Crippen MR) is 75.1 cm³/mol. The minimum Gasteiger partial charge on any atom is -0.550 e. The fourth-order valence-electron chi connectivity index (χ4n) is 1.68. The summed E-state index contributed by atoms with van der Waals surface area (Å²) in [6.07, 6.45) is -0.811. The summed E-state index contributed by atoms with van der Waals surface area (Å²) in [5.74, 6) is -1.54. The zero-order valence-corrected chi connectivity index (χ0v) is 18.7. The van der Waals surface area contributed by atoms with Gasteiger partial charge in [0.2, 0.25) is 0 Å². The number of aliphatic carboxylic acids is 1. The van der Waals surface area contributed by atoms with E-state index >= 15 is 0 Å². The van der Waals surface area contributed by atoms with Gasteiger partial charge in [-0.05, 0) is 27.7 Å². The molecule has 0 atom stereocenters. The van der Waals surface area contributed by atoms with Crippen LogP contribution in [-0.2, 0) is 32.0 Å². The summed E-state index contributed by atoms with van der Waals surface area (Å²) in [4.78, 5) is 10.9. The van der Waals surface area contributed by atoms with Gasteiger partial charge in [0, 0.05) is 12.4 Å². The molecule has 0 N–H and O–H groups in total. The molecule has 0 amide bonds. The minimum atomic E-state index is -4.00. The van der Waals surface area contributed by atoms with E-state index in [2.05, 4.69) is 0 Å². The number of carbonyl (C=O) groups is 1. The van der Waals surface area contributed by atoms with E-state index in [1.54, 1.807) is 27.7 Å². The van der Waals surface area contributed by atoms with Crippen LogP contribution in [-0.4, -0.2) is 37.8 Å². The standard InChI is InChI=1S/C11H24O8P2.K/c1-5-16-20(14,17-6-2)11(9-10(12)13)21(15,18-7-3)19-8-4;/h11H,5-9H2,1-4H3,(H,12,13);/q;+1/p-1. The van der Waals surface area contributed by atoms with E-state index in [1.807, 2.05) is 0 Å². The van der Waals surface area contributed by atoms with Crippen LogP contribution in [0.15, 0.2) is 0 Å². The van der Waals surface area contributed by atoms with Gasteiger partial charge < -0.3 is 28.0 Å². The molecule has 0 heterocycles. The molecule has 126 valence electrons. The van der Waals surface area contributed by atoms with Gasteiger partial charge in [0.05, 0.1) is 26.4 Å². The maximum Gasteiger partial charge on any atom is 1.00 e. The molecule has 0 aromatic heterocycles. The van der Waals surface area contributed by atoms with Crippen molar-refractivity contribution in [1.29, 1.82) is 0 Å². The SMILES string of the molecule is CCOP(=O)(OCC)C(CC(=O)[O-])P(=O)(OCC)OCC.[K+]. The van der Waals surface area contributed by atoms with Crippen molar-refractivity contribution in [2.75, 3.05) is 26.4 Å². The maximum atomic E-state index is 12.8. The third-order valence-electron chi connectivity index (χ3n) is 2.32. The minimum absolute atomic E-state index is 0. The molecule has 22 heavy (non-hydrogen) atoms. The summed E-state index contributed by atoms with van der Waals surface area (Å²) in [7, 11) is -8.00. The first-order valence-corrected chi connectivity index (χ1v) is 9.99. The van der Waals surface area contributed by atoms with E-state index in [0.717, 1.165) is 0 Å². The Morgan fingerprint density at radius 2 is 1.14 bits per heavy atom. The Kier molecular flexibility index (Phi) is 14.8. The number of carbonyl (C=O) groups excluding carboxylic acids is 1. The van der Waals surface area contributed by atoms with Gasteiger partial charge in [-0.2, -0.15) is 0 Å². The Bertz CT molecular complexity index is 367. The van der Waals surface area contributed by atoms with E-state index in [0.29, 0.717) is 0 Å². The molecule has 0 aromatic carbocycles. The quantitative estimate of drug-likeness (QED) is 0.311. The third-order valence-corrected chi connectivity index (χ3v) is 8.31. The molecule has 0 bridgehead atoms. The van der Waals surface area contributed by atoms with Crippen molar-refractivity contribution < 1.29 is 88.5 Å². The third kappa shape index (κ3) is 7.99. The number of hydrogen-bond donors (Lipinski definition) is 0. The van der Waals surface area contributed by atoms with E-state index in [-0.39, 0.29) is 77.8 Å². The van der Waals surface area contributed by atoms with Crippen molar-refractivity contribution in [3.05, 3.63) is 0 Å². The van der Waals surface area contributed by atoms with Crippen LogP contribution in [0.4, 0.5) is 0 Å². The molecule has 0 spiro atoms. The largest absolute Gasteiger partial charge is 1.00 e. The second-order valence-electron chi connectivity index (χ2n) is 3.81. The smallest absolute Gasteiger partial charge is 0.550 e. The van der Waals surface area contributed by atoms with Crippen molar-refractivity contribution in [3.63, 3.8) is 0 Å². The van der Waals surface area contributed by atoms with Crippen LogP contribution in [0.25, 0.3) is 0 Å². The Hall–Kier alpha value is 1.41. The topological polar surface area (TPSA) is 111 Å². The van der Waals surface area contributed by atoms with Gasteiger partial charge in [0.25, 0.3) is 0 Å². The molecular weight excluding hydrogens is 361 g/mol. The molecule has 0 aliphatic heterocycles. The van der Waals surface area contributed by atoms with Crippen LogP contribution < -0.4 is 56.5 Å². The Morgan fingerprint density at radius 1 is 0.864 bits per heavy atom. The van der Waals surface area contributed by atoms with Gasteiger partial charge in [-0.3, -0.25) is 9.13 Å². The molecule has 0 aliphatic rings. The van der Waals surface area contributed by atoms with E-state index in [1.165, 1.54) is 0 Å². The maximum absolute atomic E-state index is 12.8. The van der Waals surface area contributed by atoms with Crippen LogP contribution in [0.3, 0.4) is 0 Å². The zero-order chi connectivity index (χ0) is 16.5. The summed E-state index contributed by atoms with van der Waals surface area (Å²) in [5, 5.41) is 9.38. The van der Waals surface area contributed by atoms with Crippen LogP contribution in [0.5, 0.6) is 0 Å². The molecule has 0 aliphatic carbocycles. The first kappa shape index (κ1) is 25.6. The molecule has 0 saturated heterocycles. The molecule has 11 heteroatoms. The fraction of sp³-hybridized carbons (Fsp3) is 0.909. The summed E-state index contributed by atoms with van der Waals surface area (Å²) >= 11 is 0. The van der Waals surface area contributed by atoms with Gasteiger partial charge in [-0.25, -0.2) is 0 Å². The van der Waals surface area contributed by atoms with Crippen molar-refractivity contribution >= 4 is 21.2 Å². The second kappa shape index (κ2) is 12.7. The molecule has 0 saturated carbocycles. The van der Waals surface area contributed by atoms with Crippen molar-refractivity contribution in [1.82, 2.24) is 0 Å². The van der Waals surface area contributed by atoms with Crippen molar-refractivity contribution in [3.8, 4) is 0 Å². The van der Waals surface area contributed by atoms with Crippen LogP contribution in [0.1, 0.15) is 34.1 Å². The van der Waals surface area contributed by atoms with Gasteiger partial charge >= 0.3 is 66.6 Å². The molecule has 0 radical (unpaired) electrons. The molecule has 0 rings (SSSR count). The molecular formula is C11H23KO8P2. The molecule has 8 nitrogen and oxygen atoms in total. The van der Waals surface area contributed by atoms with Gasteiger partial charge in [0.1, 0.15) is 0 Å². The second-order valence-corrected chi connectivity index (χ2v) is 8.65. The zero-order valence-electron chi connectivity index (χ0n) is 13.8. The van der Waals surface area contributed by atoms with Crippen molar-refractivity contribution in [2.24, 2.45) is 0 Å². The van der Waals surface area contributed by atoms with E-state index in [9.17, 15) is 19.0 Å². The summed E-state index contributed by atoms with van der Waals surface area (Å²) in [6.45, 7) is 6.25.